The van der Waals surface area contributed by atoms with Crippen LogP contribution in [0.15, 0.2) is 12.1 Å². The lowest BCUT2D eigenvalue weighted by molar-refractivity contribution is -0.386. The van der Waals surface area contributed by atoms with Gasteiger partial charge in [0, 0.05) is 17.7 Å². The zero-order chi connectivity index (χ0) is 16.6. The van der Waals surface area contributed by atoms with Gasteiger partial charge < -0.3 is 15.6 Å². The van der Waals surface area contributed by atoms with Crippen molar-refractivity contribution >= 4 is 11.6 Å². The Labute approximate surface area is 116 Å². The molecule has 0 saturated carbocycles. The summed E-state index contributed by atoms with van der Waals surface area (Å²) in [5.41, 5.74) is -0.914. The fourth-order valence-electron chi connectivity index (χ4n) is 1.63. The van der Waals surface area contributed by atoms with Gasteiger partial charge in [-0.1, -0.05) is 0 Å². The van der Waals surface area contributed by atoms with Crippen molar-refractivity contribution in [1.82, 2.24) is 0 Å². The molecule has 7 nitrogen and oxygen atoms in total. The molecule has 1 rings (SSSR count). The largest absolute Gasteiger partial charge is 0.490 e. The van der Waals surface area contributed by atoms with Crippen LogP contribution in [0.25, 0.3) is 0 Å². The average Bonchev–Trinajstić information content (AvgIpc) is 2.36. The van der Waals surface area contributed by atoms with Crippen molar-refractivity contribution < 1.29 is 32.7 Å². The summed E-state index contributed by atoms with van der Waals surface area (Å²) in [7, 11) is 1.01. The number of methoxy groups -OCH3 is 1. The van der Waals surface area contributed by atoms with E-state index < -0.39 is 45.2 Å². The van der Waals surface area contributed by atoms with E-state index in [1.54, 1.807) is 0 Å². The minimum atomic E-state index is -4.55. The van der Waals surface area contributed by atoms with Gasteiger partial charge in [0.05, 0.1) is 12.0 Å². The smallest absolute Gasteiger partial charge is 0.356 e. The first-order valence-electron chi connectivity index (χ1n) is 5.39. The number of nitro groups is 1. The lowest BCUT2D eigenvalue weighted by atomic mass is 9.88. The molecule has 0 radical (unpaired) electrons. The lowest BCUT2D eigenvalue weighted by Crippen LogP contribution is -2.52. The summed E-state index contributed by atoms with van der Waals surface area (Å²) in [6, 6.07) is 0.823. The molecule has 3 N–H and O–H groups in total. The second-order valence-electron chi connectivity index (χ2n) is 4.27. The van der Waals surface area contributed by atoms with Crippen LogP contribution in [0.1, 0.15) is 12.5 Å². The van der Waals surface area contributed by atoms with E-state index in [1.165, 1.54) is 0 Å². The van der Waals surface area contributed by atoms with Gasteiger partial charge in [0.2, 0.25) is 0 Å². The Kier molecular flexibility index (Phi) is 4.14. The normalized spacial score (nSPS) is 14.4. The maximum Gasteiger partial charge on any atom is 0.356 e. The Hall–Kier alpha value is -2.36. The van der Waals surface area contributed by atoms with Crippen LogP contribution in [0.3, 0.4) is 0 Å². The molecule has 0 saturated heterocycles. The topological polar surface area (TPSA) is 116 Å². The molecular formula is C11H11F3N2O5. The Morgan fingerprint density at radius 2 is 2.00 bits per heavy atom. The number of hydrogen-bond acceptors (Lipinski definition) is 5. The van der Waals surface area contributed by atoms with Crippen LogP contribution >= 0.6 is 0 Å². The van der Waals surface area contributed by atoms with Gasteiger partial charge in [0.25, 0.3) is 5.91 Å². The number of hydrogen-bond donors (Lipinski definition) is 2. The summed E-state index contributed by atoms with van der Waals surface area (Å²) in [6.07, 6.45) is 0. The molecule has 0 heterocycles. The zero-order valence-corrected chi connectivity index (χ0v) is 10.9. The number of rotatable bonds is 5. The maximum atomic E-state index is 13.8. The molecule has 0 aromatic heterocycles. The summed E-state index contributed by atoms with van der Waals surface area (Å²) in [6.45, 7) is 0.423. The van der Waals surface area contributed by atoms with E-state index in [1.807, 2.05) is 0 Å². The summed E-state index contributed by atoms with van der Waals surface area (Å²) >= 11 is 0. The van der Waals surface area contributed by atoms with Crippen LogP contribution in [0.5, 0.6) is 5.75 Å². The zero-order valence-electron chi connectivity index (χ0n) is 10.9. The van der Waals surface area contributed by atoms with Crippen LogP contribution in [0, 0.1) is 15.9 Å². The molecule has 1 aromatic carbocycles. The summed E-state index contributed by atoms with van der Waals surface area (Å²) in [4.78, 5) is 20.5. The highest BCUT2D eigenvalue weighted by molar-refractivity contribution is 5.83. The average molecular weight is 308 g/mol. The predicted octanol–water partition coefficient (Wildman–Crippen LogP) is 1.07. The molecule has 0 aliphatic carbocycles. The number of amides is 1. The second kappa shape index (κ2) is 5.20. The standard InChI is InChI=1S/C11H11F3N2O5/c1-10(18,11(13,14)9(15)17)5-3-7(16(19)20)8(21-2)4-6(5)12/h3-4,18H,1-2H3,(H2,15,17)/t10-/m1/s1. The quantitative estimate of drug-likeness (QED) is 0.623. The number of carbonyl (C=O) groups is 1. The van der Waals surface area contributed by atoms with Crippen LogP contribution in [-0.2, 0) is 10.4 Å². The Bertz CT molecular complexity index is 604. The molecule has 0 spiro atoms. The van der Waals surface area contributed by atoms with Crippen LogP contribution in [-0.4, -0.2) is 29.0 Å². The Morgan fingerprint density at radius 1 is 1.48 bits per heavy atom. The number of aliphatic hydroxyl groups is 1. The highest BCUT2D eigenvalue weighted by Gasteiger charge is 2.57. The lowest BCUT2D eigenvalue weighted by Gasteiger charge is -2.30. The molecule has 0 aliphatic rings. The fraction of sp³-hybridized carbons (Fsp3) is 0.364. The van der Waals surface area contributed by atoms with E-state index in [4.69, 9.17) is 0 Å². The van der Waals surface area contributed by atoms with Gasteiger partial charge in [-0.2, -0.15) is 8.78 Å². The maximum absolute atomic E-state index is 13.8. The Morgan fingerprint density at radius 3 is 2.38 bits per heavy atom. The number of ether oxygens (including phenoxy) is 1. The molecule has 0 aliphatic heterocycles. The van der Waals surface area contributed by atoms with E-state index in [2.05, 4.69) is 10.5 Å². The van der Waals surface area contributed by atoms with Gasteiger partial charge in [-0.3, -0.25) is 14.9 Å². The third kappa shape index (κ3) is 2.61. The number of carbonyl (C=O) groups excluding carboxylic acids is 1. The van der Waals surface area contributed by atoms with E-state index in [0.29, 0.717) is 19.1 Å². The van der Waals surface area contributed by atoms with Crippen molar-refractivity contribution in [2.24, 2.45) is 5.73 Å². The van der Waals surface area contributed by atoms with Gasteiger partial charge in [0.15, 0.2) is 11.4 Å². The third-order valence-electron chi connectivity index (χ3n) is 2.91. The SMILES string of the molecule is COc1cc(F)c([C@@](C)(O)C(F)(F)C(N)=O)cc1[N+](=O)[O-]. The number of halogens is 3. The molecule has 0 unspecified atom stereocenters. The number of nitrogens with two attached hydrogens (primary N) is 1. The van der Waals surface area contributed by atoms with E-state index >= 15 is 0 Å². The fourth-order valence-corrected chi connectivity index (χ4v) is 1.63. The molecule has 1 amide bonds. The number of nitro benzene ring substituents is 1. The molecule has 10 heteroatoms. The van der Waals surface area contributed by atoms with Crippen molar-refractivity contribution in [3.63, 3.8) is 0 Å². The van der Waals surface area contributed by atoms with E-state index in [-0.39, 0.29) is 0 Å². The van der Waals surface area contributed by atoms with Crippen molar-refractivity contribution in [2.45, 2.75) is 18.4 Å². The van der Waals surface area contributed by atoms with E-state index in [9.17, 15) is 33.2 Å². The van der Waals surface area contributed by atoms with E-state index in [0.717, 1.165) is 7.11 Å². The van der Waals surface area contributed by atoms with Crippen LogP contribution in [0.4, 0.5) is 18.9 Å². The number of primary amides is 1. The van der Waals surface area contributed by atoms with Crippen LogP contribution < -0.4 is 10.5 Å². The first-order chi connectivity index (χ1) is 9.46. The van der Waals surface area contributed by atoms with Crippen LogP contribution in [0.2, 0.25) is 0 Å². The van der Waals surface area contributed by atoms with Crippen molar-refractivity contribution in [2.75, 3.05) is 7.11 Å². The monoisotopic (exact) mass is 308 g/mol. The highest BCUT2D eigenvalue weighted by Crippen LogP contribution is 2.41. The number of nitrogens with zero attached hydrogens (tertiary/aromatic N) is 1. The van der Waals surface area contributed by atoms with Gasteiger partial charge >= 0.3 is 11.6 Å². The summed E-state index contributed by atoms with van der Waals surface area (Å²) < 4.78 is 45.6. The van der Waals surface area contributed by atoms with Crippen molar-refractivity contribution in [3.05, 3.63) is 33.6 Å². The summed E-state index contributed by atoms with van der Waals surface area (Å²) in [5.74, 6) is -8.69. The molecule has 0 fully saturated rings. The first kappa shape index (κ1) is 16.7. The summed E-state index contributed by atoms with van der Waals surface area (Å²) in [5, 5.41) is 20.6. The molecule has 116 valence electrons. The molecular weight excluding hydrogens is 297 g/mol. The molecule has 1 atom stereocenters. The molecule has 1 aromatic rings. The third-order valence-corrected chi connectivity index (χ3v) is 2.91. The minimum absolute atomic E-state index is 0.366. The predicted molar refractivity (Wildman–Crippen MR) is 63.3 cm³/mol. The minimum Gasteiger partial charge on any atom is -0.490 e. The van der Waals surface area contributed by atoms with Gasteiger partial charge in [0.1, 0.15) is 5.82 Å². The number of benzene rings is 1. The van der Waals surface area contributed by atoms with Gasteiger partial charge in [-0.15, -0.1) is 0 Å². The van der Waals surface area contributed by atoms with Gasteiger partial charge in [-0.25, -0.2) is 4.39 Å². The van der Waals surface area contributed by atoms with Crippen molar-refractivity contribution in [1.29, 1.82) is 0 Å². The number of alkyl halides is 2. The molecule has 0 bridgehead atoms. The molecule has 21 heavy (non-hydrogen) atoms. The van der Waals surface area contributed by atoms with Gasteiger partial charge in [-0.05, 0) is 6.92 Å². The van der Waals surface area contributed by atoms with Crippen molar-refractivity contribution in [3.8, 4) is 5.75 Å². The first-order valence-corrected chi connectivity index (χ1v) is 5.39. The Balaban J connectivity index is 3.60. The second-order valence-corrected chi connectivity index (χ2v) is 4.27. The highest BCUT2D eigenvalue weighted by atomic mass is 19.3.